The Kier molecular flexibility index (Phi) is 3.69. The molecule has 2 aromatic carbocycles. The summed E-state index contributed by atoms with van der Waals surface area (Å²) in [5.41, 5.74) is 1.03. The molecule has 0 fully saturated rings. The van der Waals surface area contributed by atoms with E-state index in [9.17, 15) is 9.18 Å². The highest BCUT2D eigenvalue weighted by molar-refractivity contribution is 6.35. The zero-order valence-electron chi connectivity index (χ0n) is 9.51. The lowest BCUT2D eigenvalue weighted by Crippen LogP contribution is -2.05. The summed E-state index contributed by atoms with van der Waals surface area (Å²) in [6.45, 7) is 1.79. The summed E-state index contributed by atoms with van der Waals surface area (Å²) in [4.78, 5) is 12.2. The Hall–Kier alpha value is -1.38. The van der Waals surface area contributed by atoms with Crippen LogP contribution in [0.15, 0.2) is 36.4 Å². The number of hydrogen-bond acceptors (Lipinski definition) is 1. The maximum absolute atomic E-state index is 13.7. The molecule has 0 heterocycles. The fourth-order valence-corrected chi connectivity index (χ4v) is 2.01. The first-order valence-electron chi connectivity index (χ1n) is 5.25. The molecule has 2 aromatic rings. The lowest BCUT2D eigenvalue weighted by Gasteiger charge is -2.07. The molecule has 2 rings (SSSR count). The van der Waals surface area contributed by atoms with E-state index in [2.05, 4.69) is 0 Å². The summed E-state index contributed by atoms with van der Waals surface area (Å²) in [5.74, 6) is -1.09. The molecule has 92 valence electrons. The maximum Gasteiger partial charge on any atom is 0.197 e. The molecular weight excluding hydrogens is 274 g/mol. The smallest absolute Gasteiger partial charge is 0.197 e. The Bertz CT molecular complexity index is 623. The number of carbonyl (C=O) groups is 1. The van der Waals surface area contributed by atoms with Crippen LogP contribution in [0.5, 0.6) is 0 Å². The van der Waals surface area contributed by atoms with Gasteiger partial charge < -0.3 is 0 Å². The number of aryl methyl sites for hydroxylation is 1. The van der Waals surface area contributed by atoms with E-state index in [4.69, 9.17) is 23.2 Å². The zero-order valence-corrected chi connectivity index (χ0v) is 11.0. The van der Waals surface area contributed by atoms with Crippen molar-refractivity contribution in [2.75, 3.05) is 0 Å². The predicted molar refractivity (Wildman–Crippen MR) is 71.0 cm³/mol. The molecule has 0 saturated carbocycles. The van der Waals surface area contributed by atoms with Gasteiger partial charge in [0.2, 0.25) is 0 Å². The predicted octanol–water partition coefficient (Wildman–Crippen LogP) is 4.67. The van der Waals surface area contributed by atoms with Gasteiger partial charge in [0.05, 0.1) is 10.6 Å². The second-order valence-electron chi connectivity index (χ2n) is 3.89. The molecule has 0 aliphatic carbocycles. The molecule has 4 heteroatoms. The molecule has 18 heavy (non-hydrogen) atoms. The third-order valence-corrected chi connectivity index (χ3v) is 3.35. The van der Waals surface area contributed by atoms with Crippen LogP contribution < -0.4 is 0 Å². The molecule has 0 aromatic heterocycles. The SMILES string of the molecule is Cc1cccc(C(=O)c2ccc(Cl)cc2F)c1Cl. The second kappa shape index (κ2) is 5.09. The Morgan fingerprint density at radius 2 is 1.83 bits per heavy atom. The minimum atomic E-state index is -0.648. The van der Waals surface area contributed by atoms with Crippen molar-refractivity contribution in [2.24, 2.45) is 0 Å². The fraction of sp³-hybridized carbons (Fsp3) is 0.0714. The molecule has 0 bridgehead atoms. The van der Waals surface area contributed by atoms with Crippen molar-refractivity contribution in [1.29, 1.82) is 0 Å². The lowest BCUT2D eigenvalue weighted by molar-refractivity contribution is 0.103. The highest BCUT2D eigenvalue weighted by Gasteiger charge is 2.17. The first-order valence-corrected chi connectivity index (χ1v) is 6.01. The lowest BCUT2D eigenvalue weighted by atomic mass is 10.0. The van der Waals surface area contributed by atoms with E-state index in [0.717, 1.165) is 11.6 Å². The molecule has 0 saturated heterocycles. The summed E-state index contributed by atoms with van der Waals surface area (Å²) in [6, 6.07) is 9.02. The first-order chi connectivity index (χ1) is 8.50. The van der Waals surface area contributed by atoms with Crippen LogP contribution >= 0.6 is 23.2 Å². The van der Waals surface area contributed by atoms with E-state index in [1.807, 2.05) is 0 Å². The first kappa shape index (κ1) is 13.1. The van der Waals surface area contributed by atoms with Crippen molar-refractivity contribution in [1.82, 2.24) is 0 Å². The topological polar surface area (TPSA) is 17.1 Å². The number of rotatable bonds is 2. The average Bonchev–Trinajstić information content (AvgIpc) is 2.32. The minimum absolute atomic E-state index is 0.0353. The monoisotopic (exact) mass is 282 g/mol. The minimum Gasteiger partial charge on any atom is -0.288 e. The van der Waals surface area contributed by atoms with Crippen LogP contribution in [0.3, 0.4) is 0 Å². The van der Waals surface area contributed by atoms with Crippen molar-refractivity contribution in [3.05, 3.63) is 69.0 Å². The largest absolute Gasteiger partial charge is 0.288 e. The molecule has 0 aliphatic rings. The van der Waals surface area contributed by atoms with E-state index >= 15 is 0 Å². The molecule has 1 nitrogen and oxygen atoms in total. The summed E-state index contributed by atoms with van der Waals surface area (Å²) >= 11 is 11.7. The maximum atomic E-state index is 13.7. The Morgan fingerprint density at radius 3 is 2.50 bits per heavy atom. The number of carbonyl (C=O) groups excluding carboxylic acids is 1. The molecule has 0 spiro atoms. The normalized spacial score (nSPS) is 10.4. The van der Waals surface area contributed by atoms with Crippen molar-refractivity contribution < 1.29 is 9.18 Å². The molecule has 0 aliphatic heterocycles. The van der Waals surface area contributed by atoms with Crippen LogP contribution in [0.2, 0.25) is 10.0 Å². The summed E-state index contributed by atoms with van der Waals surface area (Å²) in [7, 11) is 0. The third kappa shape index (κ3) is 2.40. The van der Waals surface area contributed by atoms with Crippen LogP contribution in [-0.2, 0) is 0 Å². The second-order valence-corrected chi connectivity index (χ2v) is 4.70. The van der Waals surface area contributed by atoms with Crippen molar-refractivity contribution in [3.8, 4) is 0 Å². The molecule has 0 N–H and O–H groups in total. The van der Waals surface area contributed by atoms with Crippen LogP contribution in [0.25, 0.3) is 0 Å². The van der Waals surface area contributed by atoms with Gasteiger partial charge in [0.15, 0.2) is 5.78 Å². The number of hydrogen-bond donors (Lipinski definition) is 0. The van der Waals surface area contributed by atoms with E-state index in [1.54, 1.807) is 25.1 Å². The summed E-state index contributed by atoms with van der Waals surface area (Å²) in [5, 5.41) is 0.594. The van der Waals surface area contributed by atoms with E-state index in [0.29, 0.717) is 5.02 Å². The zero-order chi connectivity index (χ0) is 13.3. The van der Waals surface area contributed by atoms with Gasteiger partial charge in [0, 0.05) is 10.6 Å². The van der Waals surface area contributed by atoms with Crippen LogP contribution in [0, 0.1) is 12.7 Å². The molecule has 0 amide bonds. The van der Waals surface area contributed by atoms with Gasteiger partial charge in [-0.25, -0.2) is 4.39 Å². The molecule has 0 radical (unpaired) electrons. The summed E-state index contributed by atoms with van der Waals surface area (Å²) in [6.07, 6.45) is 0. The van der Waals surface area contributed by atoms with Crippen molar-refractivity contribution in [2.45, 2.75) is 6.92 Å². The van der Waals surface area contributed by atoms with E-state index < -0.39 is 11.6 Å². The van der Waals surface area contributed by atoms with Gasteiger partial charge in [-0.1, -0.05) is 35.3 Å². The van der Waals surface area contributed by atoms with Gasteiger partial charge in [-0.2, -0.15) is 0 Å². The fourth-order valence-electron chi connectivity index (χ4n) is 1.64. The summed E-state index contributed by atoms with van der Waals surface area (Å²) < 4.78 is 13.7. The standard InChI is InChI=1S/C14H9Cl2FO/c1-8-3-2-4-11(13(8)16)14(18)10-6-5-9(15)7-12(10)17/h2-7H,1H3. The van der Waals surface area contributed by atoms with Gasteiger partial charge in [-0.15, -0.1) is 0 Å². The number of halogens is 3. The van der Waals surface area contributed by atoms with E-state index in [1.165, 1.54) is 12.1 Å². The van der Waals surface area contributed by atoms with E-state index in [-0.39, 0.29) is 16.1 Å². The van der Waals surface area contributed by atoms with Crippen LogP contribution in [0.4, 0.5) is 4.39 Å². The average molecular weight is 283 g/mol. The van der Waals surface area contributed by atoms with Crippen LogP contribution in [0.1, 0.15) is 21.5 Å². The Morgan fingerprint density at radius 1 is 1.11 bits per heavy atom. The van der Waals surface area contributed by atoms with Gasteiger partial charge >= 0.3 is 0 Å². The number of ketones is 1. The quantitative estimate of drug-likeness (QED) is 0.732. The van der Waals surface area contributed by atoms with Gasteiger partial charge in [0.1, 0.15) is 5.82 Å². The third-order valence-electron chi connectivity index (χ3n) is 2.61. The van der Waals surface area contributed by atoms with Crippen LogP contribution in [-0.4, -0.2) is 5.78 Å². The van der Waals surface area contributed by atoms with Crippen molar-refractivity contribution in [3.63, 3.8) is 0 Å². The molecule has 0 atom stereocenters. The molecule has 0 unspecified atom stereocenters. The van der Waals surface area contributed by atoms with Gasteiger partial charge in [-0.05, 0) is 36.8 Å². The highest BCUT2D eigenvalue weighted by Crippen LogP contribution is 2.25. The highest BCUT2D eigenvalue weighted by atomic mass is 35.5. The Balaban J connectivity index is 2.51. The Labute approximate surface area is 114 Å². The van der Waals surface area contributed by atoms with Gasteiger partial charge in [-0.3, -0.25) is 4.79 Å². The van der Waals surface area contributed by atoms with Crippen molar-refractivity contribution >= 4 is 29.0 Å². The van der Waals surface area contributed by atoms with Gasteiger partial charge in [0.25, 0.3) is 0 Å². The molecular formula is C14H9Cl2FO. The number of benzene rings is 2.